The number of esters is 3. The average molecular weight is 881 g/mol. The van der Waals surface area contributed by atoms with Crippen molar-refractivity contribution in [2.75, 3.05) is 13.2 Å². The number of carbonyl (C=O) groups excluding carboxylic acids is 3. The molecule has 0 aromatic carbocycles. The van der Waals surface area contributed by atoms with Crippen molar-refractivity contribution in [3.05, 3.63) is 60.8 Å². The molecule has 364 valence electrons. The SMILES string of the molecule is CC/C=C/C=C/C=C/CCCCCCCC(=O)OC(COC(=O)CCCCCCCCCCCC/C=C/C=C/CCCCC)COC(=O)CCCCCCCCCCCCCCC. The number of rotatable bonds is 48. The molecule has 0 aromatic rings. The number of ether oxygens (including phenoxy) is 3. The van der Waals surface area contributed by atoms with Gasteiger partial charge in [-0.1, -0.05) is 242 Å². The Hall–Kier alpha value is -2.89. The monoisotopic (exact) mass is 881 g/mol. The Kier molecular flexibility index (Phi) is 49.4. The lowest BCUT2D eigenvalue weighted by atomic mass is 10.0. The van der Waals surface area contributed by atoms with Crippen molar-refractivity contribution < 1.29 is 28.6 Å². The molecule has 6 nitrogen and oxygen atoms in total. The quantitative estimate of drug-likeness (QED) is 0.0262. The van der Waals surface area contributed by atoms with Gasteiger partial charge in [-0.15, -0.1) is 0 Å². The van der Waals surface area contributed by atoms with Crippen LogP contribution in [0, 0.1) is 0 Å². The van der Waals surface area contributed by atoms with Crippen LogP contribution in [-0.4, -0.2) is 37.2 Å². The van der Waals surface area contributed by atoms with E-state index in [1.54, 1.807) is 0 Å². The van der Waals surface area contributed by atoms with Crippen molar-refractivity contribution in [3.63, 3.8) is 0 Å². The Bertz CT molecular complexity index is 1150. The van der Waals surface area contributed by atoms with E-state index in [1.807, 2.05) is 0 Å². The van der Waals surface area contributed by atoms with Crippen molar-refractivity contribution in [3.8, 4) is 0 Å². The lowest BCUT2D eigenvalue weighted by molar-refractivity contribution is -0.167. The van der Waals surface area contributed by atoms with Gasteiger partial charge in [0.25, 0.3) is 0 Å². The lowest BCUT2D eigenvalue weighted by Gasteiger charge is -2.18. The van der Waals surface area contributed by atoms with Crippen LogP contribution in [0.2, 0.25) is 0 Å². The molecule has 6 heteroatoms. The Morgan fingerprint density at radius 1 is 0.333 bits per heavy atom. The maximum atomic E-state index is 12.8. The predicted octanol–water partition coefficient (Wildman–Crippen LogP) is 17.6. The standard InChI is InChI=1S/C57H100O6/c1-4-7-10-13-16-19-22-25-26-27-28-29-30-33-35-38-41-44-47-50-56(59)62-53-54(63-57(60)51-48-45-42-39-36-32-24-21-18-15-12-9-6-3)52-61-55(58)49-46-43-40-37-34-31-23-20-17-14-11-8-5-2/h9,12,15-16,18-19,21-22,24-25,54H,4-8,10-11,13-14,17,20,23,26-53H2,1-3H3/b12-9+,18-15+,19-16+,24-21+,25-22+. The van der Waals surface area contributed by atoms with Crippen LogP contribution in [0.3, 0.4) is 0 Å². The predicted molar refractivity (Wildman–Crippen MR) is 270 cm³/mol. The highest BCUT2D eigenvalue weighted by molar-refractivity contribution is 5.71. The summed E-state index contributed by atoms with van der Waals surface area (Å²) in [6.45, 7) is 6.47. The molecule has 1 atom stereocenters. The summed E-state index contributed by atoms with van der Waals surface area (Å²) in [5, 5.41) is 0. The minimum absolute atomic E-state index is 0.0816. The van der Waals surface area contributed by atoms with Crippen molar-refractivity contribution >= 4 is 17.9 Å². The lowest BCUT2D eigenvalue weighted by Crippen LogP contribution is -2.30. The van der Waals surface area contributed by atoms with E-state index < -0.39 is 6.10 Å². The Morgan fingerprint density at radius 3 is 1.00 bits per heavy atom. The number of hydrogen-bond donors (Lipinski definition) is 0. The largest absolute Gasteiger partial charge is 0.462 e. The van der Waals surface area contributed by atoms with Gasteiger partial charge < -0.3 is 14.2 Å². The molecule has 0 radical (unpaired) electrons. The molecule has 0 amide bonds. The molecule has 0 rings (SSSR count). The highest BCUT2D eigenvalue weighted by Crippen LogP contribution is 2.16. The van der Waals surface area contributed by atoms with Gasteiger partial charge in [-0.25, -0.2) is 0 Å². The summed E-state index contributed by atoms with van der Waals surface area (Å²) in [6.07, 6.45) is 63.5. The molecule has 0 aromatic heterocycles. The smallest absolute Gasteiger partial charge is 0.306 e. The fourth-order valence-corrected chi connectivity index (χ4v) is 7.55. The van der Waals surface area contributed by atoms with Gasteiger partial charge in [0, 0.05) is 19.3 Å². The Labute approximate surface area is 390 Å². The fraction of sp³-hybridized carbons (Fsp3) is 0.772. The molecule has 0 N–H and O–H groups in total. The van der Waals surface area contributed by atoms with E-state index in [4.69, 9.17) is 14.2 Å². The normalized spacial score (nSPS) is 12.5. The molecule has 0 spiro atoms. The van der Waals surface area contributed by atoms with E-state index in [-0.39, 0.29) is 31.1 Å². The maximum absolute atomic E-state index is 12.8. The molecule has 0 heterocycles. The third-order valence-electron chi connectivity index (χ3n) is 11.6. The van der Waals surface area contributed by atoms with Gasteiger partial charge in [0.15, 0.2) is 6.10 Å². The summed E-state index contributed by atoms with van der Waals surface area (Å²) >= 11 is 0. The summed E-state index contributed by atoms with van der Waals surface area (Å²) in [4.78, 5) is 38.0. The van der Waals surface area contributed by atoms with Crippen molar-refractivity contribution in [2.45, 2.75) is 271 Å². The van der Waals surface area contributed by atoms with Gasteiger partial charge >= 0.3 is 17.9 Å². The molecular formula is C57H100O6. The van der Waals surface area contributed by atoms with Crippen LogP contribution >= 0.6 is 0 Å². The topological polar surface area (TPSA) is 78.9 Å². The van der Waals surface area contributed by atoms with Gasteiger partial charge in [-0.3, -0.25) is 14.4 Å². The maximum Gasteiger partial charge on any atom is 0.306 e. The molecule has 0 aliphatic rings. The second-order valence-corrected chi connectivity index (χ2v) is 17.9. The summed E-state index contributed by atoms with van der Waals surface area (Å²) in [5.74, 6) is -0.899. The van der Waals surface area contributed by atoms with Gasteiger partial charge in [0.05, 0.1) is 0 Å². The molecular weight excluding hydrogens is 781 g/mol. The summed E-state index contributed by atoms with van der Waals surface area (Å²) in [6, 6.07) is 0. The van der Waals surface area contributed by atoms with E-state index in [2.05, 4.69) is 81.5 Å². The van der Waals surface area contributed by atoms with E-state index in [1.165, 1.54) is 141 Å². The van der Waals surface area contributed by atoms with Crippen LogP contribution in [0.5, 0.6) is 0 Å². The first-order chi connectivity index (χ1) is 31.0. The zero-order chi connectivity index (χ0) is 45.8. The molecule has 1 unspecified atom stereocenters. The van der Waals surface area contributed by atoms with Gasteiger partial charge in [-0.05, 0) is 64.2 Å². The van der Waals surface area contributed by atoms with Crippen molar-refractivity contribution in [1.82, 2.24) is 0 Å². The molecule has 0 saturated heterocycles. The zero-order valence-electron chi connectivity index (χ0n) is 41.6. The zero-order valence-corrected chi connectivity index (χ0v) is 41.6. The van der Waals surface area contributed by atoms with Gasteiger partial charge in [0.1, 0.15) is 13.2 Å². The summed E-state index contributed by atoms with van der Waals surface area (Å²) in [7, 11) is 0. The van der Waals surface area contributed by atoms with Crippen LogP contribution in [0.1, 0.15) is 265 Å². The highest BCUT2D eigenvalue weighted by atomic mass is 16.6. The minimum Gasteiger partial charge on any atom is -0.462 e. The summed E-state index contributed by atoms with van der Waals surface area (Å²) in [5.41, 5.74) is 0. The molecule has 0 aliphatic carbocycles. The van der Waals surface area contributed by atoms with Crippen LogP contribution in [0.25, 0.3) is 0 Å². The minimum atomic E-state index is -0.783. The van der Waals surface area contributed by atoms with Gasteiger partial charge in [0.2, 0.25) is 0 Å². The van der Waals surface area contributed by atoms with E-state index >= 15 is 0 Å². The van der Waals surface area contributed by atoms with Crippen LogP contribution < -0.4 is 0 Å². The Morgan fingerprint density at radius 2 is 0.619 bits per heavy atom. The first-order valence-electron chi connectivity index (χ1n) is 26.8. The van der Waals surface area contributed by atoms with Gasteiger partial charge in [-0.2, -0.15) is 0 Å². The van der Waals surface area contributed by atoms with E-state index in [9.17, 15) is 14.4 Å². The first kappa shape index (κ1) is 60.1. The third-order valence-corrected chi connectivity index (χ3v) is 11.6. The molecule has 0 aliphatic heterocycles. The second-order valence-electron chi connectivity index (χ2n) is 17.9. The Balaban J connectivity index is 4.35. The van der Waals surface area contributed by atoms with Crippen LogP contribution in [-0.2, 0) is 28.6 Å². The number of allylic oxidation sites excluding steroid dienone is 10. The molecule has 63 heavy (non-hydrogen) atoms. The molecule has 0 saturated carbocycles. The van der Waals surface area contributed by atoms with Crippen LogP contribution in [0.15, 0.2) is 60.8 Å². The highest BCUT2D eigenvalue weighted by Gasteiger charge is 2.19. The molecule has 0 fully saturated rings. The van der Waals surface area contributed by atoms with Crippen molar-refractivity contribution in [2.24, 2.45) is 0 Å². The molecule has 0 bridgehead atoms. The fourth-order valence-electron chi connectivity index (χ4n) is 7.55. The van der Waals surface area contributed by atoms with E-state index in [0.717, 1.165) is 83.5 Å². The first-order valence-corrected chi connectivity index (χ1v) is 26.8. The third kappa shape index (κ3) is 50.0. The second kappa shape index (κ2) is 51.7. The van der Waals surface area contributed by atoms with E-state index in [0.29, 0.717) is 19.3 Å². The van der Waals surface area contributed by atoms with Crippen molar-refractivity contribution in [1.29, 1.82) is 0 Å². The van der Waals surface area contributed by atoms with Crippen LogP contribution in [0.4, 0.5) is 0 Å². The number of unbranched alkanes of at least 4 members (excludes halogenated alkanes) is 30. The number of hydrogen-bond acceptors (Lipinski definition) is 6. The summed E-state index contributed by atoms with van der Waals surface area (Å²) < 4.78 is 16.8. The number of carbonyl (C=O) groups is 3. The average Bonchev–Trinajstić information content (AvgIpc) is 3.28.